The summed E-state index contributed by atoms with van der Waals surface area (Å²) in [5, 5.41) is 5.33. The van der Waals surface area contributed by atoms with Crippen molar-refractivity contribution in [3.05, 3.63) is 24.3 Å². The maximum atomic E-state index is 11.5. The van der Waals surface area contributed by atoms with E-state index in [1.807, 2.05) is 6.92 Å². The summed E-state index contributed by atoms with van der Waals surface area (Å²) in [7, 11) is 1.45. The number of hydrogen-bond donors (Lipinski definition) is 2. The molecule has 1 rings (SSSR count). The van der Waals surface area contributed by atoms with E-state index in [1.54, 1.807) is 24.3 Å². The number of carbonyl (C=O) groups excluding carboxylic acids is 2. The van der Waals surface area contributed by atoms with Crippen LogP contribution in [0.15, 0.2) is 24.3 Å². The number of rotatable bonds is 7. The van der Waals surface area contributed by atoms with Crippen molar-refractivity contribution in [1.29, 1.82) is 0 Å². The van der Waals surface area contributed by atoms with E-state index in [1.165, 1.54) is 7.11 Å². The molecule has 0 radical (unpaired) electrons. The van der Waals surface area contributed by atoms with Gasteiger partial charge < -0.3 is 20.1 Å². The fraction of sp³-hybridized carbons (Fsp3) is 0.385. The molecule has 19 heavy (non-hydrogen) atoms. The second-order valence-electron chi connectivity index (χ2n) is 3.75. The minimum Gasteiger partial charge on any atom is -0.375 e. The van der Waals surface area contributed by atoms with Gasteiger partial charge in [0.05, 0.1) is 0 Å². The van der Waals surface area contributed by atoms with E-state index < -0.39 is 0 Å². The lowest BCUT2D eigenvalue weighted by atomic mass is 10.2. The molecule has 2 N–H and O–H groups in total. The number of amides is 2. The summed E-state index contributed by atoms with van der Waals surface area (Å²) < 4.78 is 9.71. The third-order valence-electron chi connectivity index (χ3n) is 2.14. The average molecular weight is 266 g/mol. The smallest absolute Gasteiger partial charge is 0.250 e. The van der Waals surface area contributed by atoms with Crippen molar-refractivity contribution in [3.8, 4) is 0 Å². The highest BCUT2D eigenvalue weighted by molar-refractivity contribution is 5.94. The van der Waals surface area contributed by atoms with Gasteiger partial charge in [0.25, 0.3) is 0 Å². The highest BCUT2D eigenvalue weighted by atomic mass is 16.5. The molecule has 0 unspecified atom stereocenters. The Labute approximate surface area is 112 Å². The van der Waals surface area contributed by atoms with Crippen LogP contribution in [0.5, 0.6) is 0 Å². The first-order chi connectivity index (χ1) is 9.15. The molecule has 0 aliphatic heterocycles. The van der Waals surface area contributed by atoms with Crippen LogP contribution in [0.2, 0.25) is 0 Å². The second kappa shape index (κ2) is 8.23. The summed E-state index contributed by atoms with van der Waals surface area (Å²) >= 11 is 0. The van der Waals surface area contributed by atoms with Crippen LogP contribution in [0.3, 0.4) is 0 Å². The van der Waals surface area contributed by atoms with Crippen molar-refractivity contribution in [2.45, 2.75) is 6.92 Å². The zero-order valence-corrected chi connectivity index (χ0v) is 11.1. The molecule has 0 bridgehead atoms. The van der Waals surface area contributed by atoms with E-state index >= 15 is 0 Å². The van der Waals surface area contributed by atoms with Gasteiger partial charge in [0.2, 0.25) is 11.8 Å². The van der Waals surface area contributed by atoms with Crippen LogP contribution in [0.4, 0.5) is 11.4 Å². The molecule has 0 atom stereocenters. The van der Waals surface area contributed by atoms with Crippen LogP contribution in [-0.4, -0.2) is 38.7 Å². The van der Waals surface area contributed by atoms with Gasteiger partial charge in [-0.3, -0.25) is 9.59 Å². The van der Waals surface area contributed by atoms with Crippen molar-refractivity contribution in [3.63, 3.8) is 0 Å². The summed E-state index contributed by atoms with van der Waals surface area (Å²) in [6, 6.07) is 6.86. The van der Waals surface area contributed by atoms with E-state index in [9.17, 15) is 9.59 Å². The zero-order chi connectivity index (χ0) is 14.1. The van der Waals surface area contributed by atoms with Gasteiger partial charge in [-0.05, 0) is 25.1 Å². The fourth-order valence-corrected chi connectivity index (χ4v) is 1.39. The predicted octanol–water partition coefficient (Wildman–Crippen LogP) is 1.25. The number of hydrogen-bond acceptors (Lipinski definition) is 4. The summed E-state index contributed by atoms with van der Waals surface area (Å²) in [5.41, 5.74) is 1.19. The lowest BCUT2D eigenvalue weighted by molar-refractivity contribution is -0.120. The Hall–Kier alpha value is -1.92. The number of carbonyl (C=O) groups is 2. The highest BCUT2D eigenvalue weighted by Crippen LogP contribution is 2.14. The number of nitrogens with one attached hydrogen (secondary N) is 2. The molecule has 0 aliphatic carbocycles. The molecule has 0 saturated carbocycles. The van der Waals surface area contributed by atoms with E-state index in [0.29, 0.717) is 18.0 Å². The summed E-state index contributed by atoms with van der Waals surface area (Å²) in [6.45, 7) is 2.30. The first-order valence-corrected chi connectivity index (χ1v) is 5.92. The van der Waals surface area contributed by atoms with Gasteiger partial charge in [0.15, 0.2) is 0 Å². The third-order valence-corrected chi connectivity index (χ3v) is 2.14. The van der Waals surface area contributed by atoms with Crippen LogP contribution in [-0.2, 0) is 19.1 Å². The van der Waals surface area contributed by atoms with E-state index in [-0.39, 0.29) is 25.0 Å². The Morgan fingerprint density at radius 2 is 1.68 bits per heavy atom. The molecule has 6 heteroatoms. The molecule has 0 fully saturated rings. The number of ether oxygens (including phenoxy) is 2. The van der Waals surface area contributed by atoms with Gasteiger partial charge in [-0.25, -0.2) is 0 Å². The maximum Gasteiger partial charge on any atom is 0.250 e. The molecule has 0 spiro atoms. The lowest BCUT2D eigenvalue weighted by Gasteiger charge is -2.08. The van der Waals surface area contributed by atoms with Crippen LogP contribution >= 0.6 is 0 Å². The van der Waals surface area contributed by atoms with Crippen molar-refractivity contribution in [1.82, 2.24) is 0 Å². The van der Waals surface area contributed by atoms with E-state index in [0.717, 1.165) is 0 Å². The van der Waals surface area contributed by atoms with Crippen molar-refractivity contribution in [2.75, 3.05) is 37.6 Å². The summed E-state index contributed by atoms with van der Waals surface area (Å²) in [5.74, 6) is -0.484. The lowest BCUT2D eigenvalue weighted by Crippen LogP contribution is -2.19. The molecule has 1 aromatic carbocycles. The quantitative estimate of drug-likeness (QED) is 0.778. The largest absolute Gasteiger partial charge is 0.375 e. The summed E-state index contributed by atoms with van der Waals surface area (Å²) in [4.78, 5) is 22.8. The monoisotopic (exact) mass is 266 g/mol. The van der Waals surface area contributed by atoms with Gasteiger partial charge in [-0.15, -0.1) is 0 Å². The first-order valence-electron chi connectivity index (χ1n) is 5.92. The Balaban J connectivity index is 2.56. The number of methoxy groups -OCH3 is 1. The molecule has 0 heterocycles. The second-order valence-corrected chi connectivity index (χ2v) is 3.75. The van der Waals surface area contributed by atoms with E-state index in [4.69, 9.17) is 9.47 Å². The van der Waals surface area contributed by atoms with Crippen LogP contribution < -0.4 is 10.6 Å². The maximum absolute atomic E-state index is 11.5. The Morgan fingerprint density at radius 3 is 2.21 bits per heavy atom. The highest BCUT2D eigenvalue weighted by Gasteiger charge is 2.04. The third kappa shape index (κ3) is 5.98. The zero-order valence-electron chi connectivity index (χ0n) is 11.1. The number of anilines is 2. The van der Waals surface area contributed by atoms with Gasteiger partial charge in [0, 0.05) is 25.1 Å². The standard InChI is InChI=1S/C13H18N2O4/c1-3-19-9-13(17)15-11-6-4-5-10(7-11)14-12(16)8-18-2/h4-7H,3,8-9H2,1-2H3,(H,14,16)(H,15,17). The van der Waals surface area contributed by atoms with Crippen molar-refractivity contribution < 1.29 is 19.1 Å². The van der Waals surface area contributed by atoms with Crippen molar-refractivity contribution in [2.24, 2.45) is 0 Å². The molecular formula is C13H18N2O4. The van der Waals surface area contributed by atoms with Gasteiger partial charge in [-0.2, -0.15) is 0 Å². The topological polar surface area (TPSA) is 76.7 Å². The molecule has 1 aromatic rings. The fourth-order valence-electron chi connectivity index (χ4n) is 1.39. The SMILES string of the molecule is CCOCC(=O)Nc1cccc(NC(=O)COC)c1. The average Bonchev–Trinajstić information content (AvgIpc) is 2.37. The van der Waals surface area contributed by atoms with Gasteiger partial charge in [-0.1, -0.05) is 6.07 Å². The molecular weight excluding hydrogens is 248 g/mol. The minimum absolute atomic E-state index is 0.0107. The first kappa shape index (κ1) is 15.1. The molecule has 0 aromatic heterocycles. The molecule has 2 amide bonds. The molecule has 6 nitrogen and oxygen atoms in total. The minimum atomic E-state index is -0.250. The Morgan fingerprint density at radius 1 is 1.11 bits per heavy atom. The van der Waals surface area contributed by atoms with Gasteiger partial charge >= 0.3 is 0 Å². The Kier molecular flexibility index (Phi) is 6.56. The normalized spacial score (nSPS) is 10.0. The van der Waals surface area contributed by atoms with Crippen LogP contribution in [0.25, 0.3) is 0 Å². The molecule has 104 valence electrons. The summed E-state index contributed by atoms with van der Waals surface area (Å²) in [6.07, 6.45) is 0. The predicted molar refractivity (Wildman–Crippen MR) is 72.1 cm³/mol. The molecule has 0 saturated heterocycles. The van der Waals surface area contributed by atoms with Gasteiger partial charge in [0.1, 0.15) is 13.2 Å². The van der Waals surface area contributed by atoms with Crippen LogP contribution in [0, 0.1) is 0 Å². The molecule has 0 aliphatic rings. The Bertz CT molecular complexity index is 434. The number of benzene rings is 1. The van der Waals surface area contributed by atoms with Crippen LogP contribution in [0.1, 0.15) is 6.92 Å². The van der Waals surface area contributed by atoms with E-state index in [2.05, 4.69) is 10.6 Å². The van der Waals surface area contributed by atoms with Crippen molar-refractivity contribution >= 4 is 23.2 Å².